The molecule has 0 aliphatic rings. The van der Waals surface area contributed by atoms with E-state index in [1.165, 1.54) is 0 Å². The van der Waals surface area contributed by atoms with Crippen LogP contribution >= 0.6 is 0 Å². The van der Waals surface area contributed by atoms with Crippen molar-refractivity contribution in [3.63, 3.8) is 0 Å². The highest BCUT2D eigenvalue weighted by Crippen LogP contribution is 2.28. The average Bonchev–Trinajstić information content (AvgIpc) is 2.70. The number of hydrogen-bond donors (Lipinski definition) is 1. The van der Waals surface area contributed by atoms with Crippen LogP contribution in [0.5, 0.6) is 5.75 Å². The Morgan fingerprint density at radius 2 is 1.82 bits per heavy atom. The number of benzene rings is 1. The molecule has 0 radical (unpaired) electrons. The number of nitrogens with one attached hydrogen (secondary N) is 1. The van der Waals surface area contributed by atoms with Crippen LogP contribution in [0.2, 0.25) is 0 Å². The molecule has 0 saturated heterocycles. The van der Waals surface area contributed by atoms with Gasteiger partial charge in [0.15, 0.2) is 0 Å². The number of alkyl carbamates (subject to hydrolysis) is 1. The highest BCUT2D eigenvalue weighted by atomic mass is 16.6. The number of hydrogen-bond acceptors (Lipinski definition) is 5. The molecule has 7 nitrogen and oxygen atoms in total. The Morgan fingerprint density at radius 3 is 2.45 bits per heavy atom. The van der Waals surface area contributed by atoms with Crippen molar-refractivity contribution in [2.45, 2.75) is 72.6 Å². The maximum atomic E-state index is 13.1. The van der Waals surface area contributed by atoms with E-state index in [4.69, 9.17) is 9.47 Å². The first-order valence-corrected chi connectivity index (χ1v) is 11.5. The zero-order valence-electron chi connectivity index (χ0n) is 20.6. The fourth-order valence-corrected chi connectivity index (χ4v) is 3.99. The van der Waals surface area contributed by atoms with E-state index >= 15 is 0 Å². The van der Waals surface area contributed by atoms with Gasteiger partial charge >= 0.3 is 6.09 Å². The molecule has 0 saturated carbocycles. The van der Waals surface area contributed by atoms with Gasteiger partial charge in [-0.05, 0) is 70.5 Å². The van der Waals surface area contributed by atoms with Crippen molar-refractivity contribution in [3.05, 3.63) is 47.0 Å². The summed E-state index contributed by atoms with van der Waals surface area (Å²) in [5.74, 6) is 1.01. The Kier molecular flexibility index (Phi) is 7.30. The minimum absolute atomic E-state index is 0.0256. The highest BCUT2D eigenvalue weighted by Gasteiger charge is 2.21. The predicted octanol–water partition coefficient (Wildman–Crippen LogP) is 5.45. The van der Waals surface area contributed by atoms with Gasteiger partial charge in [-0.1, -0.05) is 13.8 Å². The number of amides is 1. The quantitative estimate of drug-likeness (QED) is 0.481. The first-order chi connectivity index (χ1) is 15.5. The van der Waals surface area contributed by atoms with E-state index in [-0.39, 0.29) is 17.6 Å². The molecule has 0 aliphatic heterocycles. The number of pyridine rings is 2. The van der Waals surface area contributed by atoms with Gasteiger partial charge in [-0.15, -0.1) is 0 Å². The molecule has 1 amide bonds. The van der Waals surface area contributed by atoms with Gasteiger partial charge < -0.3 is 19.4 Å². The minimum atomic E-state index is -0.565. The summed E-state index contributed by atoms with van der Waals surface area (Å²) in [5, 5.41) is 5.37. The van der Waals surface area contributed by atoms with Gasteiger partial charge in [0.25, 0.3) is 5.56 Å². The topological polar surface area (TPSA) is 82.5 Å². The normalized spacial score (nSPS) is 13.0. The van der Waals surface area contributed by atoms with E-state index in [1.54, 1.807) is 17.0 Å². The molecule has 0 aliphatic carbocycles. The number of rotatable bonds is 7. The van der Waals surface area contributed by atoms with E-state index < -0.39 is 11.7 Å². The molecule has 0 bridgehead atoms. The van der Waals surface area contributed by atoms with E-state index in [0.29, 0.717) is 23.7 Å². The third-order valence-electron chi connectivity index (χ3n) is 5.23. The summed E-state index contributed by atoms with van der Waals surface area (Å²) < 4.78 is 13.3. The van der Waals surface area contributed by atoms with Crippen molar-refractivity contribution < 1.29 is 14.3 Å². The van der Waals surface area contributed by atoms with Crippen LogP contribution < -0.4 is 15.6 Å². The Bertz CT molecular complexity index is 1190. The van der Waals surface area contributed by atoms with Crippen LogP contribution in [-0.4, -0.2) is 33.9 Å². The second kappa shape index (κ2) is 9.81. The second-order valence-electron chi connectivity index (χ2n) is 10.2. The fraction of sp³-hybridized carbons (Fsp3) is 0.500. The maximum Gasteiger partial charge on any atom is 0.407 e. The third kappa shape index (κ3) is 6.03. The molecular weight excluding hydrogens is 418 g/mol. The lowest BCUT2D eigenvalue weighted by molar-refractivity contribution is 0.0480. The standard InChI is InChI=1S/C26H35N3O4/c1-16(2)12-18(28-25(31)33-26(5,6)7)15-32-19-8-9-21-20-10-11-27-14-22(20)24(30)29(17(3)4)23(21)13-19/h8-11,13-14,16-18H,12,15H2,1-7H3,(H,28,31)/t18-/m0/s1. The Labute approximate surface area is 195 Å². The van der Waals surface area contributed by atoms with E-state index in [0.717, 1.165) is 22.7 Å². The lowest BCUT2D eigenvalue weighted by atomic mass is 10.0. The first kappa shape index (κ1) is 24.6. The molecule has 1 atom stereocenters. The van der Waals surface area contributed by atoms with E-state index in [9.17, 15) is 9.59 Å². The highest BCUT2D eigenvalue weighted by molar-refractivity contribution is 6.05. The molecule has 1 aromatic carbocycles. The molecule has 0 unspecified atom stereocenters. The van der Waals surface area contributed by atoms with Gasteiger partial charge in [0.1, 0.15) is 18.0 Å². The molecular formula is C26H35N3O4. The average molecular weight is 454 g/mol. The molecule has 0 fully saturated rings. The van der Waals surface area contributed by atoms with Crippen LogP contribution in [-0.2, 0) is 4.74 Å². The molecule has 178 valence electrons. The molecule has 2 aromatic heterocycles. The van der Waals surface area contributed by atoms with Gasteiger partial charge in [0.05, 0.1) is 16.9 Å². The molecule has 3 rings (SSSR count). The number of fused-ring (bicyclic) bond motifs is 3. The van der Waals surface area contributed by atoms with Crippen molar-refractivity contribution in [1.82, 2.24) is 14.9 Å². The first-order valence-electron chi connectivity index (χ1n) is 11.5. The number of ether oxygens (including phenoxy) is 2. The zero-order chi connectivity index (χ0) is 24.3. The Hall–Kier alpha value is -3.09. The molecule has 1 N–H and O–H groups in total. The largest absolute Gasteiger partial charge is 0.491 e. The summed E-state index contributed by atoms with van der Waals surface area (Å²) in [6, 6.07) is 7.42. The maximum absolute atomic E-state index is 13.1. The van der Waals surface area contributed by atoms with Crippen molar-refractivity contribution in [3.8, 4) is 5.75 Å². The lowest BCUT2D eigenvalue weighted by Gasteiger charge is -2.25. The lowest BCUT2D eigenvalue weighted by Crippen LogP contribution is -2.42. The minimum Gasteiger partial charge on any atom is -0.491 e. The number of carbonyl (C=O) groups is 1. The Balaban J connectivity index is 1.90. The molecule has 3 aromatic rings. The summed E-state index contributed by atoms with van der Waals surface area (Å²) in [6.07, 6.45) is 3.62. The summed E-state index contributed by atoms with van der Waals surface area (Å²) in [4.78, 5) is 29.6. The van der Waals surface area contributed by atoms with Crippen LogP contribution in [0.15, 0.2) is 41.5 Å². The molecule has 0 spiro atoms. The second-order valence-corrected chi connectivity index (χ2v) is 10.2. The van der Waals surface area contributed by atoms with Crippen molar-refractivity contribution in [1.29, 1.82) is 0 Å². The summed E-state index contributed by atoms with van der Waals surface area (Å²) in [6.45, 7) is 14.0. The van der Waals surface area contributed by atoms with Crippen LogP contribution in [0.3, 0.4) is 0 Å². The predicted molar refractivity (Wildman–Crippen MR) is 132 cm³/mol. The van der Waals surface area contributed by atoms with Crippen LogP contribution in [0.4, 0.5) is 4.79 Å². The van der Waals surface area contributed by atoms with Crippen molar-refractivity contribution >= 4 is 27.8 Å². The monoisotopic (exact) mass is 453 g/mol. The van der Waals surface area contributed by atoms with Gasteiger partial charge in [0.2, 0.25) is 0 Å². The fourth-order valence-electron chi connectivity index (χ4n) is 3.99. The summed E-state index contributed by atoms with van der Waals surface area (Å²) in [7, 11) is 0. The SMILES string of the molecule is CC(C)C[C@@H](COc1ccc2c3ccncc3c(=O)n(C(C)C)c2c1)NC(=O)OC(C)(C)C. The molecule has 7 heteroatoms. The van der Waals surface area contributed by atoms with E-state index in [1.807, 2.05) is 58.9 Å². The smallest absolute Gasteiger partial charge is 0.407 e. The number of carbonyl (C=O) groups excluding carboxylic acids is 1. The van der Waals surface area contributed by atoms with Gasteiger partial charge in [0, 0.05) is 29.9 Å². The molecule has 33 heavy (non-hydrogen) atoms. The zero-order valence-corrected chi connectivity index (χ0v) is 20.6. The number of aromatic nitrogens is 2. The van der Waals surface area contributed by atoms with Gasteiger partial charge in [-0.25, -0.2) is 4.79 Å². The molecule has 2 heterocycles. The Morgan fingerprint density at radius 1 is 1.09 bits per heavy atom. The van der Waals surface area contributed by atoms with Crippen LogP contribution in [0.25, 0.3) is 21.7 Å². The van der Waals surface area contributed by atoms with Crippen molar-refractivity contribution in [2.24, 2.45) is 5.92 Å². The van der Waals surface area contributed by atoms with Crippen molar-refractivity contribution in [2.75, 3.05) is 6.61 Å². The van der Waals surface area contributed by atoms with Gasteiger partial charge in [-0.3, -0.25) is 9.78 Å². The summed E-state index contributed by atoms with van der Waals surface area (Å²) in [5.41, 5.74) is 0.179. The van der Waals surface area contributed by atoms with Crippen LogP contribution in [0.1, 0.15) is 60.9 Å². The van der Waals surface area contributed by atoms with E-state index in [2.05, 4.69) is 24.1 Å². The van der Waals surface area contributed by atoms with Gasteiger partial charge in [-0.2, -0.15) is 0 Å². The summed E-state index contributed by atoms with van der Waals surface area (Å²) >= 11 is 0. The van der Waals surface area contributed by atoms with Crippen LogP contribution in [0, 0.1) is 5.92 Å². The third-order valence-corrected chi connectivity index (χ3v) is 5.23. The number of nitrogens with zero attached hydrogens (tertiary/aromatic N) is 2.